The van der Waals surface area contributed by atoms with E-state index in [1.165, 1.54) is 13.3 Å². The second-order valence-corrected chi connectivity index (χ2v) is 2.95. The van der Waals surface area contributed by atoms with Gasteiger partial charge in [-0.1, -0.05) is 5.16 Å². The van der Waals surface area contributed by atoms with Gasteiger partial charge in [-0.25, -0.2) is 0 Å². The lowest BCUT2D eigenvalue weighted by atomic mass is 9.93. The Hall–Kier alpha value is -1.83. The van der Waals surface area contributed by atoms with E-state index in [4.69, 9.17) is 5.26 Å². The van der Waals surface area contributed by atoms with Gasteiger partial charge in [0.25, 0.3) is 0 Å². The Morgan fingerprint density at radius 2 is 2.50 bits per heavy atom. The van der Waals surface area contributed by atoms with E-state index in [1.54, 1.807) is 6.92 Å². The zero-order chi connectivity index (χ0) is 10.6. The molecule has 0 saturated carbocycles. The van der Waals surface area contributed by atoms with Crippen LogP contribution in [0.4, 0.5) is 0 Å². The fourth-order valence-electron chi connectivity index (χ4n) is 1.34. The summed E-state index contributed by atoms with van der Waals surface area (Å²) in [5.74, 6) is -0.372. The summed E-state index contributed by atoms with van der Waals surface area (Å²) in [5.41, 5.74) is 1.13. The minimum Gasteiger partial charge on any atom is -0.399 e. The second kappa shape index (κ2) is 4.42. The number of nitrogens with zero attached hydrogens (tertiary/aromatic N) is 2. The molecule has 1 unspecified atom stereocenters. The molecule has 0 aliphatic carbocycles. The Balaban J connectivity index is 2.93. The quantitative estimate of drug-likeness (QED) is 0.514. The summed E-state index contributed by atoms with van der Waals surface area (Å²) in [6.07, 6.45) is 1.72. The van der Waals surface area contributed by atoms with Gasteiger partial charge in [-0.05, 0) is 6.92 Å². The highest BCUT2D eigenvalue weighted by Crippen LogP contribution is 2.20. The van der Waals surface area contributed by atoms with Crippen molar-refractivity contribution in [2.75, 3.05) is 7.11 Å². The Labute approximate surface area is 82.0 Å². The highest BCUT2D eigenvalue weighted by molar-refractivity contribution is 5.85. The SMILES string of the molecule is CON=CC1CC(=O)NC(C)=C1C#N. The van der Waals surface area contributed by atoms with Crippen LogP contribution >= 0.6 is 0 Å². The first-order valence-electron chi connectivity index (χ1n) is 4.16. The third-order valence-corrected chi connectivity index (χ3v) is 1.97. The lowest BCUT2D eigenvalue weighted by Gasteiger charge is -2.19. The Kier molecular flexibility index (Phi) is 3.24. The van der Waals surface area contributed by atoms with E-state index in [0.717, 1.165) is 0 Å². The third kappa shape index (κ3) is 2.10. The van der Waals surface area contributed by atoms with Gasteiger partial charge in [0.05, 0.1) is 17.9 Å². The number of rotatable bonds is 2. The number of oxime groups is 1. The maximum atomic E-state index is 11.2. The van der Waals surface area contributed by atoms with Crippen LogP contribution in [0.2, 0.25) is 0 Å². The van der Waals surface area contributed by atoms with Crippen LogP contribution in [0, 0.1) is 17.2 Å². The molecule has 14 heavy (non-hydrogen) atoms. The Morgan fingerprint density at radius 1 is 1.79 bits per heavy atom. The molecule has 1 atom stereocenters. The lowest BCUT2D eigenvalue weighted by molar-refractivity contribution is -0.121. The molecule has 1 amide bonds. The van der Waals surface area contributed by atoms with Crippen LogP contribution in [-0.4, -0.2) is 19.2 Å². The van der Waals surface area contributed by atoms with Gasteiger partial charge in [0.2, 0.25) is 5.91 Å². The number of hydrogen-bond acceptors (Lipinski definition) is 4. The maximum absolute atomic E-state index is 11.2. The van der Waals surface area contributed by atoms with Gasteiger partial charge >= 0.3 is 0 Å². The first-order chi connectivity index (χ1) is 6.69. The number of amides is 1. The summed E-state index contributed by atoms with van der Waals surface area (Å²) in [6, 6.07) is 2.05. The zero-order valence-corrected chi connectivity index (χ0v) is 8.07. The highest BCUT2D eigenvalue weighted by Gasteiger charge is 2.24. The molecule has 0 fully saturated rings. The first kappa shape index (κ1) is 10.3. The second-order valence-electron chi connectivity index (χ2n) is 2.95. The van der Waals surface area contributed by atoms with Crippen LogP contribution in [0.15, 0.2) is 16.4 Å². The number of nitrogens with one attached hydrogen (secondary N) is 1. The van der Waals surface area contributed by atoms with Crippen molar-refractivity contribution in [3.8, 4) is 6.07 Å². The number of carbonyl (C=O) groups is 1. The summed E-state index contributed by atoms with van der Waals surface area (Å²) in [6.45, 7) is 1.70. The van der Waals surface area contributed by atoms with Gasteiger partial charge in [-0.3, -0.25) is 4.79 Å². The molecule has 1 aliphatic heterocycles. The molecule has 5 heteroatoms. The number of carbonyl (C=O) groups excluding carboxylic acids is 1. The van der Waals surface area contributed by atoms with Crippen LogP contribution in [0.5, 0.6) is 0 Å². The van der Waals surface area contributed by atoms with Crippen molar-refractivity contribution in [3.63, 3.8) is 0 Å². The molecule has 0 aromatic carbocycles. The van der Waals surface area contributed by atoms with Gasteiger partial charge in [0.1, 0.15) is 7.11 Å². The van der Waals surface area contributed by atoms with Crippen LogP contribution in [0.3, 0.4) is 0 Å². The average Bonchev–Trinajstić information content (AvgIpc) is 2.14. The Bertz CT molecular complexity index is 338. The zero-order valence-electron chi connectivity index (χ0n) is 8.07. The molecule has 1 heterocycles. The molecule has 0 spiro atoms. The Morgan fingerprint density at radius 3 is 3.07 bits per heavy atom. The van der Waals surface area contributed by atoms with Crippen molar-refractivity contribution in [2.24, 2.45) is 11.1 Å². The molecular formula is C9H11N3O2. The molecule has 0 radical (unpaired) electrons. The minimum absolute atomic E-state index is 0.103. The fourth-order valence-corrected chi connectivity index (χ4v) is 1.34. The van der Waals surface area contributed by atoms with Crippen LogP contribution < -0.4 is 5.32 Å². The average molecular weight is 193 g/mol. The number of nitriles is 1. The van der Waals surface area contributed by atoms with Crippen molar-refractivity contribution >= 4 is 12.1 Å². The lowest BCUT2D eigenvalue weighted by Crippen LogP contribution is -2.32. The van der Waals surface area contributed by atoms with E-state index in [-0.39, 0.29) is 18.2 Å². The topological polar surface area (TPSA) is 74.5 Å². The monoisotopic (exact) mass is 193 g/mol. The maximum Gasteiger partial charge on any atom is 0.225 e. The molecule has 0 saturated heterocycles. The molecule has 1 N–H and O–H groups in total. The molecule has 74 valence electrons. The van der Waals surface area contributed by atoms with Crippen LogP contribution in [-0.2, 0) is 9.63 Å². The van der Waals surface area contributed by atoms with E-state index in [2.05, 4.69) is 21.4 Å². The van der Waals surface area contributed by atoms with Gasteiger partial charge < -0.3 is 10.2 Å². The van der Waals surface area contributed by atoms with Crippen molar-refractivity contribution in [1.82, 2.24) is 5.32 Å². The van der Waals surface area contributed by atoms with E-state index >= 15 is 0 Å². The van der Waals surface area contributed by atoms with Crippen molar-refractivity contribution in [1.29, 1.82) is 5.26 Å². The molecule has 0 aromatic rings. The van der Waals surface area contributed by atoms with Crippen LogP contribution in [0.25, 0.3) is 0 Å². The summed E-state index contributed by atoms with van der Waals surface area (Å²) in [5, 5.41) is 15.0. The fraction of sp³-hybridized carbons (Fsp3) is 0.444. The standard InChI is InChI=1S/C9H11N3O2/c1-6-8(4-10)7(5-11-14-2)3-9(13)12-6/h5,7H,3H2,1-2H3,(H,12,13). The van der Waals surface area contributed by atoms with Gasteiger partial charge in [-0.15, -0.1) is 0 Å². The molecule has 1 aliphatic rings. The number of hydrogen-bond donors (Lipinski definition) is 1. The molecule has 0 bridgehead atoms. The van der Waals surface area contributed by atoms with Crippen molar-refractivity contribution < 1.29 is 9.63 Å². The van der Waals surface area contributed by atoms with E-state index in [9.17, 15) is 4.79 Å². The molecular weight excluding hydrogens is 182 g/mol. The largest absolute Gasteiger partial charge is 0.399 e. The van der Waals surface area contributed by atoms with Crippen molar-refractivity contribution in [3.05, 3.63) is 11.3 Å². The van der Waals surface area contributed by atoms with E-state index in [0.29, 0.717) is 11.3 Å². The predicted molar refractivity (Wildman–Crippen MR) is 50.1 cm³/mol. The van der Waals surface area contributed by atoms with Crippen LogP contribution in [0.1, 0.15) is 13.3 Å². The third-order valence-electron chi connectivity index (χ3n) is 1.97. The molecule has 1 rings (SSSR count). The summed E-state index contributed by atoms with van der Waals surface area (Å²) >= 11 is 0. The molecule has 5 nitrogen and oxygen atoms in total. The molecule has 0 aromatic heterocycles. The highest BCUT2D eigenvalue weighted by atomic mass is 16.6. The van der Waals surface area contributed by atoms with Gasteiger partial charge in [0.15, 0.2) is 0 Å². The van der Waals surface area contributed by atoms with Gasteiger partial charge in [-0.2, -0.15) is 5.26 Å². The first-order valence-corrected chi connectivity index (χ1v) is 4.16. The predicted octanol–water partition coefficient (Wildman–Crippen LogP) is 0.552. The van der Waals surface area contributed by atoms with E-state index < -0.39 is 0 Å². The normalized spacial score (nSPS) is 22.1. The van der Waals surface area contributed by atoms with Crippen molar-refractivity contribution in [2.45, 2.75) is 13.3 Å². The smallest absolute Gasteiger partial charge is 0.225 e. The summed E-state index contributed by atoms with van der Waals surface area (Å²) in [4.78, 5) is 15.7. The van der Waals surface area contributed by atoms with E-state index in [1.807, 2.05) is 0 Å². The number of allylic oxidation sites excluding steroid dienone is 2. The minimum atomic E-state index is -0.270. The summed E-state index contributed by atoms with van der Waals surface area (Å²) in [7, 11) is 1.42. The van der Waals surface area contributed by atoms with Gasteiger partial charge in [0, 0.05) is 18.0 Å². The summed E-state index contributed by atoms with van der Waals surface area (Å²) < 4.78 is 0.